The van der Waals surface area contributed by atoms with Gasteiger partial charge in [-0.2, -0.15) is 13.2 Å². The summed E-state index contributed by atoms with van der Waals surface area (Å²) in [6.45, 7) is 7.27. The van der Waals surface area contributed by atoms with Crippen LogP contribution in [0.1, 0.15) is 37.3 Å². The summed E-state index contributed by atoms with van der Waals surface area (Å²) in [6.07, 6.45) is -2.54. The molecule has 34 heavy (non-hydrogen) atoms. The molecule has 0 unspecified atom stereocenters. The topological polar surface area (TPSA) is 38.8 Å². The second-order valence-electron chi connectivity index (χ2n) is 9.04. The number of carbonyl (C=O) groups is 1. The Labute approximate surface area is 199 Å². The Morgan fingerprint density at radius 3 is 2.32 bits per heavy atom. The van der Waals surface area contributed by atoms with Crippen LogP contribution in [-0.2, 0) is 17.5 Å². The Balaban J connectivity index is 1.54. The summed E-state index contributed by atoms with van der Waals surface area (Å²) in [7, 11) is 0. The molecule has 5 nitrogen and oxygen atoms in total. The highest BCUT2D eigenvalue weighted by molar-refractivity contribution is 5.93. The van der Waals surface area contributed by atoms with E-state index in [1.54, 1.807) is 6.07 Å². The Hall–Kier alpha value is -2.58. The Bertz CT molecular complexity index is 952. The first-order chi connectivity index (χ1) is 16.4. The van der Waals surface area contributed by atoms with E-state index in [1.165, 1.54) is 12.1 Å². The number of halogens is 3. The van der Waals surface area contributed by atoms with Gasteiger partial charge in [0.1, 0.15) is 0 Å². The molecule has 2 aliphatic heterocycles. The molecule has 184 valence electrons. The first-order valence-corrected chi connectivity index (χ1v) is 12.1. The molecule has 2 heterocycles. The molecule has 4 rings (SSSR count). The number of hydrogen-bond acceptors (Lipinski definition) is 4. The predicted molar refractivity (Wildman–Crippen MR) is 129 cm³/mol. The molecule has 1 N–H and O–H groups in total. The van der Waals surface area contributed by atoms with Crippen molar-refractivity contribution in [3.05, 3.63) is 59.7 Å². The standard InChI is InChI=1S/C26H33F3N4O/c1-2-25(34)33(22-6-4-3-5-7-22)23-10-14-32(15-11-23)24-18-21(26(27,28)29)9-8-20(24)19-31-16-12-30-13-17-31/h3-9,18,23,30H,2,10-17,19H2,1H3. The van der Waals surface area contributed by atoms with Gasteiger partial charge in [-0.05, 0) is 42.7 Å². The number of para-hydroxylation sites is 1. The van der Waals surface area contributed by atoms with Gasteiger partial charge >= 0.3 is 6.18 Å². The average molecular weight is 475 g/mol. The van der Waals surface area contributed by atoms with Gasteiger partial charge in [-0.25, -0.2) is 0 Å². The maximum absolute atomic E-state index is 13.5. The lowest BCUT2D eigenvalue weighted by Crippen LogP contribution is -2.48. The molecule has 0 saturated carbocycles. The number of amides is 1. The SMILES string of the molecule is CCC(=O)N(c1ccccc1)C1CCN(c2cc(C(F)(F)F)ccc2CN2CCNCC2)CC1. The quantitative estimate of drug-likeness (QED) is 0.668. The minimum atomic E-state index is -4.38. The molecular formula is C26H33F3N4O. The molecule has 2 saturated heterocycles. The molecule has 0 aromatic heterocycles. The van der Waals surface area contributed by atoms with Crippen LogP contribution in [0.15, 0.2) is 48.5 Å². The molecule has 2 aliphatic rings. The van der Waals surface area contributed by atoms with E-state index in [2.05, 4.69) is 15.1 Å². The van der Waals surface area contributed by atoms with Gasteiger partial charge in [-0.1, -0.05) is 31.2 Å². The van der Waals surface area contributed by atoms with E-state index < -0.39 is 11.7 Å². The third-order valence-corrected chi connectivity index (χ3v) is 6.79. The van der Waals surface area contributed by atoms with Crippen molar-refractivity contribution < 1.29 is 18.0 Å². The van der Waals surface area contributed by atoms with Crippen LogP contribution in [0.2, 0.25) is 0 Å². The second kappa shape index (κ2) is 10.8. The van der Waals surface area contributed by atoms with Gasteiger partial charge in [0.25, 0.3) is 0 Å². The lowest BCUT2D eigenvalue weighted by Gasteiger charge is -2.40. The molecule has 8 heteroatoms. The number of carbonyl (C=O) groups excluding carboxylic acids is 1. The van der Waals surface area contributed by atoms with Gasteiger partial charge in [0.2, 0.25) is 5.91 Å². The van der Waals surface area contributed by atoms with Crippen LogP contribution in [-0.4, -0.2) is 56.1 Å². The summed E-state index contributed by atoms with van der Waals surface area (Å²) < 4.78 is 40.6. The van der Waals surface area contributed by atoms with E-state index >= 15 is 0 Å². The van der Waals surface area contributed by atoms with Gasteiger partial charge in [0, 0.05) is 69.7 Å². The molecule has 2 aromatic rings. The number of anilines is 2. The molecule has 0 atom stereocenters. The third kappa shape index (κ3) is 5.73. The van der Waals surface area contributed by atoms with E-state index in [1.807, 2.05) is 42.2 Å². The number of nitrogens with one attached hydrogen (secondary N) is 1. The average Bonchev–Trinajstić information content (AvgIpc) is 2.85. The highest BCUT2D eigenvalue weighted by Crippen LogP contribution is 2.36. The molecule has 0 bridgehead atoms. The summed E-state index contributed by atoms with van der Waals surface area (Å²) in [5.74, 6) is 0.0723. The molecule has 0 aliphatic carbocycles. The van der Waals surface area contributed by atoms with Crippen LogP contribution in [0, 0.1) is 0 Å². The van der Waals surface area contributed by atoms with Crippen molar-refractivity contribution in [3.63, 3.8) is 0 Å². The van der Waals surface area contributed by atoms with E-state index in [0.29, 0.717) is 44.6 Å². The number of rotatable bonds is 6. The first-order valence-electron chi connectivity index (χ1n) is 12.1. The van der Waals surface area contributed by atoms with Crippen molar-refractivity contribution >= 4 is 17.3 Å². The monoisotopic (exact) mass is 474 g/mol. The van der Waals surface area contributed by atoms with Crippen LogP contribution in [0.3, 0.4) is 0 Å². The van der Waals surface area contributed by atoms with Gasteiger partial charge in [-0.15, -0.1) is 0 Å². The minimum absolute atomic E-state index is 0.0357. The first kappa shape index (κ1) is 24.5. The van der Waals surface area contributed by atoms with Crippen LogP contribution in [0.5, 0.6) is 0 Å². The fourth-order valence-corrected chi connectivity index (χ4v) is 4.96. The zero-order chi connectivity index (χ0) is 24.1. The number of alkyl halides is 3. The smallest absolute Gasteiger partial charge is 0.371 e. The summed E-state index contributed by atoms with van der Waals surface area (Å²) in [6, 6.07) is 13.8. The Morgan fingerprint density at radius 2 is 1.71 bits per heavy atom. The normalized spacial score (nSPS) is 18.2. The molecular weight excluding hydrogens is 441 g/mol. The zero-order valence-corrected chi connectivity index (χ0v) is 19.7. The molecule has 0 spiro atoms. The fraction of sp³-hybridized carbons (Fsp3) is 0.500. The lowest BCUT2D eigenvalue weighted by atomic mass is 9.99. The Kier molecular flexibility index (Phi) is 7.78. The van der Waals surface area contributed by atoms with Crippen molar-refractivity contribution in [3.8, 4) is 0 Å². The Morgan fingerprint density at radius 1 is 1.03 bits per heavy atom. The van der Waals surface area contributed by atoms with Crippen LogP contribution >= 0.6 is 0 Å². The van der Waals surface area contributed by atoms with E-state index in [-0.39, 0.29) is 11.9 Å². The zero-order valence-electron chi connectivity index (χ0n) is 19.7. The van der Waals surface area contributed by atoms with Crippen LogP contribution < -0.4 is 15.1 Å². The molecule has 1 amide bonds. The summed E-state index contributed by atoms with van der Waals surface area (Å²) in [4.78, 5) is 19.0. The number of piperazine rings is 1. The number of nitrogens with zero attached hydrogens (tertiary/aromatic N) is 3. The summed E-state index contributed by atoms with van der Waals surface area (Å²) in [5.41, 5.74) is 1.87. The van der Waals surface area contributed by atoms with E-state index in [9.17, 15) is 18.0 Å². The van der Waals surface area contributed by atoms with E-state index in [4.69, 9.17) is 0 Å². The van der Waals surface area contributed by atoms with Crippen molar-refractivity contribution in [1.82, 2.24) is 10.2 Å². The van der Waals surface area contributed by atoms with Crippen molar-refractivity contribution in [2.75, 3.05) is 49.1 Å². The molecule has 2 aromatic carbocycles. The largest absolute Gasteiger partial charge is 0.416 e. The summed E-state index contributed by atoms with van der Waals surface area (Å²) in [5, 5.41) is 3.32. The van der Waals surface area contributed by atoms with Crippen LogP contribution in [0.4, 0.5) is 24.5 Å². The maximum atomic E-state index is 13.5. The highest BCUT2D eigenvalue weighted by atomic mass is 19.4. The predicted octanol–water partition coefficient (Wildman–Crippen LogP) is 4.52. The van der Waals surface area contributed by atoms with Crippen LogP contribution in [0.25, 0.3) is 0 Å². The number of benzene rings is 2. The van der Waals surface area contributed by atoms with Crippen molar-refractivity contribution in [2.24, 2.45) is 0 Å². The van der Waals surface area contributed by atoms with Crippen molar-refractivity contribution in [1.29, 1.82) is 0 Å². The maximum Gasteiger partial charge on any atom is 0.416 e. The number of piperidine rings is 1. The molecule has 2 fully saturated rings. The number of hydrogen-bond donors (Lipinski definition) is 1. The molecule has 0 radical (unpaired) electrons. The second-order valence-corrected chi connectivity index (χ2v) is 9.04. The van der Waals surface area contributed by atoms with Gasteiger partial charge in [0.15, 0.2) is 0 Å². The lowest BCUT2D eigenvalue weighted by molar-refractivity contribution is -0.137. The minimum Gasteiger partial charge on any atom is -0.371 e. The van der Waals surface area contributed by atoms with Gasteiger partial charge in [0.05, 0.1) is 5.56 Å². The highest BCUT2D eigenvalue weighted by Gasteiger charge is 2.33. The van der Waals surface area contributed by atoms with Crippen molar-refractivity contribution in [2.45, 2.75) is 44.9 Å². The van der Waals surface area contributed by atoms with Gasteiger partial charge in [-0.3, -0.25) is 9.69 Å². The van der Waals surface area contributed by atoms with Gasteiger partial charge < -0.3 is 15.1 Å². The fourth-order valence-electron chi connectivity index (χ4n) is 4.96. The summed E-state index contributed by atoms with van der Waals surface area (Å²) >= 11 is 0. The van der Waals surface area contributed by atoms with E-state index in [0.717, 1.165) is 37.4 Å². The third-order valence-electron chi connectivity index (χ3n) is 6.79.